The molecule has 6 heteroatoms. The zero-order chi connectivity index (χ0) is 19.1. The third-order valence-electron chi connectivity index (χ3n) is 4.02. The summed E-state index contributed by atoms with van der Waals surface area (Å²) in [5.74, 6) is 0.612. The first kappa shape index (κ1) is 18.7. The van der Waals surface area contributed by atoms with Gasteiger partial charge in [0.2, 0.25) is 0 Å². The number of methoxy groups -OCH3 is 1. The standard InChI is InChI=1S/C21H20ClN3O2/c1-27-19-9-4-16(5-10-19)12-23-18-8-11-20(24-14-18)21(26)25-13-15-2-6-17(22)7-3-15/h2-11,14,23H,12-13H2,1H3,(H,25,26). The van der Waals surface area contributed by atoms with Crippen molar-refractivity contribution >= 4 is 23.2 Å². The number of hydrogen-bond acceptors (Lipinski definition) is 4. The smallest absolute Gasteiger partial charge is 0.270 e. The molecule has 1 amide bonds. The van der Waals surface area contributed by atoms with Gasteiger partial charge in [-0.3, -0.25) is 4.79 Å². The summed E-state index contributed by atoms with van der Waals surface area (Å²) in [5, 5.41) is 6.80. The summed E-state index contributed by atoms with van der Waals surface area (Å²) < 4.78 is 5.15. The van der Waals surface area contributed by atoms with E-state index in [2.05, 4.69) is 15.6 Å². The highest BCUT2D eigenvalue weighted by atomic mass is 35.5. The van der Waals surface area contributed by atoms with E-state index in [4.69, 9.17) is 16.3 Å². The lowest BCUT2D eigenvalue weighted by molar-refractivity contribution is 0.0946. The summed E-state index contributed by atoms with van der Waals surface area (Å²) in [6, 6.07) is 18.7. The van der Waals surface area contributed by atoms with E-state index in [1.807, 2.05) is 42.5 Å². The number of carbonyl (C=O) groups is 1. The van der Waals surface area contributed by atoms with Crippen molar-refractivity contribution in [3.63, 3.8) is 0 Å². The Morgan fingerprint density at radius 3 is 2.26 bits per heavy atom. The van der Waals surface area contributed by atoms with Gasteiger partial charge in [-0.25, -0.2) is 4.98 Å². The molecule has 0 unspecified atom stereocenters. The van der Waals surface area contributed by atoms with Crippen LogP contribution in [0.25, 0.3) is 0 Å². The van der Waals surface area contributed by atoms with Crippen LogP contribution in [-0.2, 0) is 13.1 Å². The maximum Gasteiger partial charge on any atom is 0.270 e. The summed E-state index contributed by atoms with van der Waals surface area (Å²) >= 11 is 5.85. The number of aromatic nitrogens is 1. The second kappa shape index (κ2) is 9.05. The normalized spacial score (nSPS) is 10.3. The van der Waals surface area contributed by atoms with E-state index in [1.54, 1.807) is 31.5 Å². The maximum atomic E-state index is 12.2. The van der Waals surface area contributed by atoms with E-state index in [9.17, 15) is 4.79 Å². The number of anilines is 1. The second-order valence-electron chi connectivity index (χ2n) is 5.94. The van der Waals surface area contributed by atoms with Crippen LogP contribution >= 0.6 is 11.6 Å². The molecular weight excluding hydrogens is 362 g/mol. The van der Waals surface area contributed by atoms with Crippen LogP contribution in [0.15, 0.2) is 66.9 Å². The first-order valence-electron chi connectivity index (χ1n) is 8.49. The number of halogens is 1. The number of nitrogens with zero attached hydrogens (tertiary/aromatic N) is 1. The van der Waals surface area contributed by atoms with Gasteiger partial charge in [0.05, 0.1) is 19.0 Å². The van der Waals surface area contributed by atoms with Crippen molar-refractivity contribution in [3.05, 3.63) is 88.7 Å². The highest BCUT2D eigenvalue weighted by molar-refractivity contribution is 6.30. The van der Waals surface area contributed by atoms with Crippen molar-refractivity contribution in [1.82, 2.24) is 10.3 Å². The van der Waals surface area contributed by atoms with Crippen LogP contribution in [0.5, 0.6) is 5.75 Å². The SMILES string of the molecule is COc1ccc(CNc2ccc(C(=O)NCc3ccc(Cl)cc3)nc2)cc1. The average Bonchev–Trinajstić information content (AvgIpc) is 2.72. The van der Waals surface area contributed by atoms with Gasteiger partial charge in [-0.1, -0.05) is 35.9 Å². The molecule has 0 saturated carbocycles. The minimum atomic E-state index is -0.216. The molecule has 0 fully saturated rings. The highest BCUT2D eigenvalue weighted by Crippen LogP contribution is 2.14. The molecule has 0 radical (unpaired) electrons. The lowest BCUT2D eigenvalue weighted by Crippen LogP contribution is -2.23. The minimum Gasteiger partial charge on any atom is -0.497 e. The van der Waals surface area contributed by atoms with E-state index in [1.165, 1.54) is 0 Å². The molecule has 0 atom stereocenters. The van der Waals surface area contributed by atoms with E-state index in [-0.39, 0.29) is 5.91 Å². The molecule has 27 heavy (non-hydrogen) atoms. The number of hydrogen-bond donors (Lipinski definition) is 2. The molecule has 0 aliphatic heterocycles. The molecule has 1 heterocycles. The van der Waals surface area contributed by atoms with Gasteiger partial charge in [0.15, 0.2) is 0 Å². The first-order chi connectivity index (χ1) is 13.1. The number of rotatable bonds is 7. The van der Waals surface area contributed by atoms with Gasteiger partial charge >= 0.3 is 0 Å². The van der Waals surface area contributed by atoms with Crippen LogP contribution in [-0.4, -0.2) is 18.0 Å². The molecule has 2 N–H and O–H groups in total. The third kappa shape index (κ3) is 5.46. The van der Waals surface area contributed by atoms with E-state index in [0.29, 0.717) is 23.8 Å². The summed E-state index contributed by atoms with van der Waals surface area (Å²) in [5.41, 5.74) is 3.32. The zero-order valence-corrected chi connectivity index (χ0v) is 15.7. The molecule has 0 aliphatic rings. The van der Waals surface area contributed by atoms with Crippen LogP contribution < -0.4 is 15.4 Å². The predicted octanol–water partition coefficient (Wildman–Crippen LogP) is 4.29. The number of benzene rings is 2. The predicted molar refractivity (Wildman–Crippen MR) is 107 cm³/mol. The Kier molecular flexibility index (Phi) is 6.28. The molecule has 1 aromatic heterocycles. The number of ether oxygens (including phenoxy) is 1. The van der Waals surface area contributed by atoms with Gasteiger partial charge in [0.1, 0.15) is 11.4 Å². The maximum absolute atomic E-state index is 12.2. The molecule has 138 valence electrons. The van der Waals surface area contributed by atoms with Gasteiger partial charge in [-0.15, -0.1) is 0 Å². The number of amides is 1. The topological polar surface area (TPSA) is 63.2 Å². The summed E-state index contributed by atoms with van der Waals surface area (Å²) in [6.07, 6.45) is 1.65. The van der Waals surface area contributed by atoms with E-state index in [0.717, 1.165) is 22.6 Å². The lowest BCUT2D eigenvalue weighted by Gasteiger charge is -2.08. The molecule has 3 aromatic rings. The monoisotopic (exact) mass is 381 g/mol. The lowest BCUT2D eigenvalue weighted by atomic mass is 10.2. The van der Waals surface area contributed by atoms with Gasteiger partial charge in [0, 0.05) is 18.1 Å². The van der Waals surface area contributed by atoms with Gasteiger partial charge < -0.3 is 15.4 Å². The van der Waals surface area contributed by atoms with Crippen LogP contribution in [0.1, 0.15) is 21.6 Å². The van der Waals surface area contributed by atoms with Crippen molar-refractivity contribution in [2.75, 3.05) is 12.4 Å². The van der Waals surface area contributed by atoms with Crippen molar-refractivity contribution in [3.8, 4) is 5.75 Å². The van der Waals surface area contributed by atoms with E-state index >= 15 is 0 Å². The Labute approximate surface area is 163 Å². The number of carbonyl (C=O) groups excluding carboxylic acids is 1. The van der Waals surface area contributed by atoms with Crippen molar-refractivity contribution in [1.29, 1.82) is 0 Å². The Hall–Kier alpha value is -3.05. The molecule has 0 bridgehead atoms. The summed E-state index contributed by atoms with van der Waals surface area (Å²) in [7, 11) is 1.64. The van der Waals surface area contributed by atoms with Crippen LogP contribution in [0.2, 0.25) is 5.02 Å². The minimum absolute atomic E-state index is 0.216. The zero-order valence-electron chi connectivity index (χ0n) is 14.9. The van der Waals surface area contributed by atoms with E-state index < -0.39 is 0 Å². The third-order valence-corrected chi connectivity index (χ3v) is 4.27. The Morgan fingerprint density at radius 1 is 0.963 bits per heavy atom. The molecule has 0 aliphatic carbocycles. The molecule has 2 aromatic carbocycles. The Bertz CT molecular complexity index is 879. The van der Waals surface area contributed by atoms with Crippen LogP contribution in [0.4, 0.5) is 5.69 Å². The van der Waals surface area contributed by atoms with Gasteiger partial charge in [-0.2, -0.15) is 0 Å². The fraction of sp³-hybridized carbons (Fsp3) is 0.143. The van der Waals surface area contributed by atoms with Crippen LogP contribution in [0, 0.1) is 0 Å². The average molecular weight is 382 g/mol. The summed E-state index contributed by atoms with van der Waals surface area (Å²) in [4.78, 5) is 16.4. The molecule has 3 rings (SSSR count). The van der Waals surface area contributed by atoms with Crippen molar-refractivity contribution in [2.45, 2.75) is 13.1 Å². The summed E-state index contributed by atoms with van der Waals surface area (Å²) in [6.45, 7) is 1.09. The molecule has 5 nitrogen and oxygen atoms in total. The first-order valence-corrected chi connectivity index (χ1v) is 8.87. The van der Waals surface area contributed by atoms with Crippen LogP contribution in [0.3, 0.4) is 0 Å². The molecule has 0 saturated heterocycles. The van der Waals surface area contributed by atoms with Crippen molar-refractivity contribution < 1.29 is 9.53 Å². The van der Waals surface area contributed by atoms with Gasteiger partial charge in [0.25, 0.3) is 5.91 Å². The van der Waals surface area contributed by atoms with Gasteiger partial charge in [-0.05, 0) is 47.5 Å². The Balaban J connectivity index is 1.51. The fourth-order valence-corrected chi connectivity index (χ4v) is 2.58. The van der Waals surface area contributed by atoms with Crippen molar-refractivity contribution in [2.24, 2.45) is 0 Å². The quantitative estimate of drug-likeness (QED) is 0.641. The molecule has 0 spiro atoms. The largest absolute Gasteiger partial charge is 0.497 e. The Morgan fingerprint density at radius 2 is 1.63 bits per heavy atom. The highest BCUT2D eigenvalue weighted by Gasteiger charge is 2.07. The molecular formula is C21H20ClN3O2. The second-order valence-corrected chi connectivity index (χ2v) is 6.38. The fourth-order valence-electron chi connectivity index (χ4n) is 2.46. The number of pyridine rings is 1. The number of nitrogens with one attached hydrogen (secondary N) is 2.